The van der Waals surface area contributed by atoms with Gasteiger partial charge in [-0.1, -0.05) is 36.4 Å². The molecular formula is C24H21NO4. The summed E-state index contributed by atoms with van der Waals surface area (Å²) in [5.41, 5.74) is 2.19. The molecule has 1 heterocycles. The maximum absolute atomic E-state index is 13.3. The molecule has 0 aliphatic carbocycles. The number of aryl methyl sites for hydroxylation is 1. The van der Waals surface area contributed by atoms with E-state index < -0.39 is 0 Å². The maximum Gasteiger partial charge on any atom is 0.265 e. The summed E-state index contributed by atoms with van der Waals surface area (Å²) in [6, 6.07) is 23.0. The Hall–Kier alpha value is -3.44. The summed E-state index contributed by atoms with van der Waals surface area (Å²) in [7, 11) is 0. The number of carbonyl (C=O) groups excluding carboxylic acids is 2. The molecule has 0 bridgehead atoms. The lowest BCUT2D eigenvalue weighted by molar-refractivity contribution is 0.0897. The van der Waals surface area contributed by atoms with Crippen LogP contribution >= 0.6 is 0 Å². The molecule has 5 heteroatoms. The molecule has 1 aliphatic heterocycles. The first-order valence-corrected chi connectivity index (χ1v) is 9.47. The summed E-state index contributed by atoms with van der Waals surface area (Å²) in [6.07, 6.45) is 0.158. The molecule has 1 saturated heterocycles. The van der Waals surface area contributed by atoms with Gasteiger partial charge in [-0.05, 0) is 55.0 Å². The minimum atomic E-state index is -0.373. The van der Waals surface area contributed by atoms with E-state index in [2.05, 4.69) is 0 Å². The Morgan fingerprint density at radius 2 is 1.48 bits per heavy atom. The number of hydrogen-bond acceptors (Lipinski definition) is 4. The lowest BCUT2D eigenvalue weighted by Gasteiger charge is -2.23. The number of carbonyl (C=O) groups is 2. The van der Waals surface area contributed by atoms with Gasteiger partial charge in [0.2, 0.25) is 0 Å². The number of hydrogen-bond donors (Lipinski definition) is 0. The normalized spacial score (nSPS) is 14.9. The Kier molecular flexibility index (Phi) is 5.40. The number of imide groups is 1. The number of rotatable bonds is 6. The molecule has 0 spiro atoms. The smallest absolute Gasteiger partial charge is 0.265 e. The quantitative estimate of drug-likeness (QED) is 0.468. The fourth-order valence-corrected chi connectivity index (χ4v) is 3.05. The predicted octanol–water partition coefficient (Wildman–Crippen LogP) is 4.26. The molecule has 1 aliphatic rings. The van der Waals surface area contributed by atoms with E-state index in [0.717, 1.165) is 12.2 Å². The first-order valence-electron chi connectivity index (χ1n) is 9.47. The molecule has 0 aromatic heterocycles. The van der Waals surface area contributed by atoms with Crippen molar-refractivity contribution in [1.29, 1.82) is 0 Å². The zero-order chi connectivity index (χ0) is 20.2. The lowest BCUT2D eigenvalue weighted by atomic mass is 10.1. The van der Waals surface area contributed by atoms with Crippen LogP contribution in [0, 0.1) is 6.92 Å². The van der Waals surface area contributed by atoms with Crippen molar-refractivity contribution in [3.05, 3.63) is 95.6 Å². The van der Waals surface area contributed by atoms with Crippen LogP contribution < -0.4 is 9.64 Å². The molecule has 3 aromatic carbocycles. The van der Waals surface area contributed by atoms with E-state index in [-0.39, 0.29) is 17.9 Å². The van der Waals surface area contributed by atoms with Gasteiger partial charge in [-0.3, -0.25) is 9.59 Å². The number of benzene rings is 3. The highest BCUT2D eigenvalue weighted by atomic mass is 16.6. The third-order valence-electron chi connectivity index (χ3n) is 4.70. The molecule has 1 atom stereocenters. The Bertz CT molecular complexity index is 962. The van der Waals surface area contributed by atoms with E-state index in [1.54, 1.807) is 60.7 Å². The zero-order valence-corrected chi connectivity index (χ0v) is 16.1. The van der Waals surface area contributed by atoms with Crippen molar-refractivity contribution in [1.82, 2.24) is 0 Å². The number of nitrogens with zero attached hydrogens (tertiary/aromatic N) is 1. The van der Waals surface area contributed by atoms with Crippen molar-refractivity contribution in [2.75, 3.05) is 18.1 Å². The molecule has 0 N–H and O–H groups in total. The van der Waals surface area contributed by atoms with Crippen LogP contribution in [0.3, 0.4) is 0 Å². The van der Waals surface area contributed by atoms with Crippen LogP contribution in [0.15, 0.2) is 78.9 Å². The Balaban J connectivity index is 1.69. The van der Waals surface area contributed by atoms with Crippen LogP contribution in [-0.4, -0.2) is 31.1 Å². The first kappa shape index (κ1) is 18.9. The van der Waals surface area contributed by atoms with Gasteiger partial charge < -0.3 is 9.47 Å². The van der Waals surface area contributed by atoms with Crippen LogP contribution in [0.2, 0.25) is 0 Å². The second-order valence-corrected chi connectivity index (χ2v) is 6.89. The summed E-state index contributed by atoms with van der Waals surface area (Å²) in [5.74, 6) is -0.0637. The number of amides is 2. The number of epoxide rings is 1. The summed E-state index contributed by atoms with van der Waals surface area (Å²) >= 11 is 0. The topological polar surface area (TPSA) is 59.1 Å². The van der Waals surface area contributed by atoms with Gasteiger partial charge in [-0.25, -0.2) is 4.90 Å². The second-order valence-electron chi connectivity index (χ2n) is 6.89. The van der Waals surface area contributed by atoms with Crippen molar-refractivity contribution in [2.24, 2.45) is 0 Å². The number of ether oxygens (including phenoxy) is 2. The molecule has 4 rings (SSSR count). The van der Waals surface area contributed by atoms with Crippen molar-refractivity contribution in [2.45, 2.75) is 13.0 Å². The highest BCUT2D eigenvalue weighted by Crippen LogP contribution is 2.28. The van der Waals surface area contributed by atoms with Crippen LogP contribution in [-0.2, 0) is 4.74 Å². The second kappa shape index (κ2) is 8.29. The Morgan fingerprint density at radius 1 is 0.931 bits per heavy atom. The molecule has 2 amide bonds. The van der Waals surface area contributed by atoms with Gasteiger partial charge in [0.05, 0.1) is 12.3 Å². The van der Waals surface area contributed by atoms with E-state index in [4.69, 9.17) is 9.47 Å². The molecule has 3 aromatic rings. The highest BCUT2D eigenvalue weighted by Gasteiger charge is 2.28. The average molecular weight is 387 g/mol. The molecule has 0 radical (unpaired) electrons. The van der Waals surface area contributed by atoms with Gasteiger partial charge in [0.15, 0.2) is 0 Å². The van der Waals surface area contributed by atoms with Crippen molar-refractivity contribution in [3.63, 3.8) is 0 Å². The minimum absolute atomic E-state index is 0.158. The van der Waals surface area contributed by atoms with E-state index in [1.165, 1.54) is 4.90 Å². The summed E-state index contributed by atoms with van der Waals surface area (Å²) in [6.45, 7) is 3.08. The van der Waals surface area contributed by atoms with E-state index >= 15 is 0 Å². The monoisotopic (exact) mass is 387 g/mol. The first-order chi connectivity index (χ1) is 14.1. The third kappa shape index (κ3) is 4.36. The molecule has 29 heavy (non-hydrogen) atoms. The summed E-state index contributed by atoms with van der Waals surface area (Å²) in [5, 5.41) is 0. The average Bonchev–Trinajstić information content (AvgIpc) is 3.59. The van der Waals surface area contributed by atoms with Crippen molar-refractivity contribution >= 4 is 17.5 Å². The van der Waals surface area contributed by atoms with Gasteiger partial charge in [0.25, 0.3) is 11.8 Å². The van der Waals surface area contributed by atoms with E-state index in [1.807, 2.05) is 25.1 Å². The van der Waals surface area contributed by atoms with Crippen LogP contribution in [0.5, 0.6) is 5.75 Å². The lowest BCUT2D eigenvalue weighted by Crippen LogP contribution is -2.37. The Morgan fingerprint density at radius 3 is 1.97 bits per heavy atom. The Labute approximate surface area is 169 Å². The van der Waals surface area contributed by atoms with Crippen LogP contribution in [0.4, 0.5) is 5.69 Å². The minimum Gasteiger partial charge on any atom is -0.491 e. The van der Waals surface area contributed by atoms with Crippen LogP contribution in [0.25, 0.3) is 0 Å². The molecule has 5 nitrogen and oxygen atoms in total. The molecule has 1 unspecified atom stereocenters. The van der Waals surface area contributed by atoms with Crippen molar-refractivity contribution in [3.8, 4) is 5.75 Å². The predicted molar refractivity (Wildman–Crippen MR) is 110 cm³/mol. The van der Waals surface area contributed by atoms with Gasteiger partial charge in [-0.15, -0.1) is 0 Å². The number of anilines is 1. The van der Waals surface area contributed by atoms with Crippen LogP contribution in [0.1, 0.15) is 26.3 Å². The van der Waals surface area contributed by atoms with Gasteiger partial charge in [0.1, 0.15) is 18.5 Å². The van der Waals surface area contributed by atoms with Gasteiger partial charge >= 0.3 is 0 Å². The SMILES string of the molecule is Cc1cc(OCC2CO2)ccc1N(C(=O)c1ccccc1)C(=O)c1ccccc1. The highest BCUT2D eigenvalue weighted by molar-refractivity contribution is 6.26. The standard InChI is InChI=1S/C24H21NO4/c1-17-14-20(28-15-21-16-29-21)12-13-22(17)25(23(26)18-8-4-2-5-9-18)24(27)19-10-6-3-7-11-19/h2-14,21H,15-16H2,1H3. The third-order valence-corrected chi connectivity index (χ3v) is 4.70. The maximum atomic E-state index is 13.3. The molecule has 1 fully saturated rings. The van der Waals surface area contributed by atoms with Gasteiger partial charge in [-0.2, -0.15) is 0 Å². The van der Waals surface area contributed by atoms with Gasteiger partial charge in [0, 0.05) is 11.1 Å². The fraction of sp³-hybridized carbons (Fsp3) is 0.167. The summed E-state index contributed by atoms with van der Waals surface area (Å²) in [4.78, 5) is 27.8. The molecular weight excluding hydrogens is 366 g/mol. The fourth-order valence-electron chi connectivity index (χ4n) is 3.05. The molecule has 0 saturated carbocycles. The molecule has 146 valence electrons. The van der Waals surface area contributed by atoms with E-state index in [9.17, 15) is 9.59 Å². The van der Waals surface area contributed by atoms with E-state index in [0.29, 0.717) is 29.2 Å². The summed E-state index contributed by atoms with van der Waals surface area (Å²) < 4.78 is 10.9. The largest absolute Gasteiger partial charge is 0.491 e. The van der Waals surface area contributed by atoms with Crippen molar-refractivity contribution < 1.29 is 19.1 Å². The zero-order valence-electron chi connectivity index (χ0n) is 16.1.